The van der Waals surface area contributed by atoms with E-state index in [1.807, 2.05) is 18.6 Å². The summed E-state index contributed by atoms with van der Waals surface area (Å²) in [5, 5.41) is 0. The van der Waals surface area contributed by atoms with E-state index in [9.17, 15) is 0 Å². The molecule has 0 bridgehead atoms. The lowest BCUT2D eigenvalue weighted by Gasteiger charge is -2.28. The maximum atomic E-state index is 5.06. The van der Waals surface area contributed by atoms with Gasteiger partial charge in [0.2, 0.25) is 0 Å². The second-order valence-electron chi connectivity index (χ2n) is 4.62. The molecule has 0 saturated carbocycles. The first kappa shape index (κ1) is 12.9. The van der Waals surface area contributed by atoms with Crippen LogP contribution in [0.25, 0.3) is 0 Å². The van der Waals surface area contributed by atoms with Crippen LogP contribution in [0.1, 0.15) is 16.8 Å². The Morgan fingerprint density at radius 1 is 1.42 bits per heavy atom. The number of rotatable bonds is 2. The van der Waals surface area contributed by atoms with E-state index >= 15 is 0 Å². The van der Waals surface area contributed by atoms with Crippen LogP contribution >= 0.6 is 28.1 Å². The third-order valence-electron chi connectivity index (χ3n) is 3.31. The van der Waals surface area contributed by atoms with Crippen molar-refractivity contribution >= 4 is 28.1 Å². The number of nitrogens with one attached hydrogen (secondary N) is 1. The maximum absolute atomic E-state index is 5.06. The Kier molecular flexibility index (Phi) is 3.72. The summed E-state index contributed by atoms with van der Waals surface area (Å²) >= 11 is 8.60. The lowest BCUT2D eigenvalue weighted by atomic mass is 10.1. The third kappa shape index (κ3) is 2.91. The van der Waals surface area contributed by atoms with Crippen molar-refractivity contribution in [3.8, 4) is 0 Å². The van der Waals surface area contributed by atoms with Crippen molar-refractivity contribution in [2.75, 3.05) is 6.54 Å². The smallest absolute Gasteiger partial charge is 0.196 e. The van der Waals surface area contributed by atoms with Gasteiger partial charge in [-0.15, -0.1) is 0 Å². The molecule has 0 saturated heterocycles. The Bertz CT molecular complexity index is 655. The molecule has 6 heteroatoms. The monoisotopic (exact) mass is 336 g/mol. The molecule has 0 aliphatic carbocycles. The number of halogens is 1. The molecule has 3 rings (SSSR count). The Hall–Kier alpha value is -1.11. The fraction of sp³-hybridized carbons (Fsp3) is 0.308. The van der Waals surface area contributed by atoms with Crippen molar-refractivity contribution < 1.29 is 0 Å². The molecule has 1 N–H and O–H groups in total. The van der Waals surface area contributed by atoms with Crippen molar-refractivity contribution in [2.24, 2.45) is 0 Å². The highest BCUT2D eigenvalue weighted by Gasteiger charge is 2.17. The van der Waals surface area contributed by atoms with Crippen LogP contribution in [0.5, 0.6) is 0 Å². The van der Waals surface area contributed by atoms with E-state index in [0.29, 0.717) is 4.77 Å². The van der Waals surface area contributed by atoms with E-state index in [1.165, 1.54) is 16.8 Å². The minimum absolute atomic E-state index is 0.573. The molecule has 0 radical (unpaired) electrons. The molecule has 0 atom stereocenters. The highest BCUT2D eigenvalue weighted by atomic mass is 79.9. The van der Waals surface area contributed by atoms with Gasteiger partial charge in [0.15, 0.2) is 4.77 Å². The lowest BCUT2D eigenvalue weighted by Crippen LogP contribution is -2.31. The van der Waals surface area contributed by atoms with Gasteiger partial charge >= 0.3 is 0 Å². The Labute approximate surface area is 125 Å². The average molecular weight is 337 g/mol. The predicted octanol–water partition coefficient (Wildman–Crippen LogP) is 2.85. The Morgan fingerprint density at radius 2 is 2.32 bits per heavy atom. The first-order chi connectivity index (χ1) is 9.22. The van der Waals surface area contributed by atoms with Crippen LogP contribution in [-0.4, -0.2) is 26.4 Å². The van der Waals surface area contributed by atoms with E-state index in [4.69, 9.17) is 12.2 Å². The van der Waals surface area contributed by atoms with E-state index in [2.05, 4.69) is 41.8 Å². The molecular weight excluding hydrogens is 324 g/mol. The molecule has 0 unspecified atom stereocenters. The van der Waals surface area contributed by atoms with Crippen LogP contribution in [0.15, 0.2) is 29.1 Å². The van der Waals surface area contributed by atoms with Gasteiger partial charge in [-0.05, 0) is 39.8 Å². The van der Waals surface area contributed by atoms with Gasteiger partial charge in [0.1, 0.15) is 0 Å². The number of hydrogen-bond acceptors (Lipinski definition) is 4. The van der Waals surface area contributed by atoms with Gasteiger partial charge in [0.05, 0.1) is 0 Å². The number of aromatic nitrogens is 3. The molecule has 4 nitrogen and oxygen atoms in total. The van der Waals surface area contributed by atoms with Gasteiger partial charge in [-0.2, -0.15) is 0 Å². The van der Waals surface area contributed by atoms with E-state index in [-0.39, 0.29) is 0 Å². The molecule has 1 aliphatic heterocycles. The number of hydrogen-bond donors (Lipinski definition) is 1. The minimum atomic E-state index is 0.573. The van der Waals surface area contributed by atoms with Crippen molar-refractivity contribution in [3.63, 3.8) is 0 Å². The number of nitrogens with zero attached hydrogens (tertiary/aromatic N) is 3. The quantitative estimate of drug-likeness (QED) is 0.856. The second-order valence-corrected chi connectivity index (χ2v) is 5.86. The molecule has 2 aromatic rings. The predicted molar refractivity (Wildman–Crippen MR) is 79.2 cm³/mol. The number of fused-ring (bicyclic) bond motifs is 1. The topological polar surface area (TPSA) is 44.8 Å². The summed E-state index contributed by atoms with van der Waals surface area (Å²) in [6.07, 6.45) is 6.55. The Morgan fingerprint density at radius 3 is 3.16 bits per heavy atom. The van der Waals surface area contributed by atoms with Gasteiger partial charge < -0.3 is 4.98 Å². The second kappa shape index (κ2) is 5.48. The molecule has 98 valence electrons. The molecule has 0 fully saturated rings. The standard InChI is InChI=1S/C13H13BrN4S/c14-11-6-15-3-1-9(11)7-18-4-2-12-10(8-18)5-16-13(19)17-12/h1,3,5-6H,2,4,7-8H2,(H,16,17,19). The molecular formula is C13H13BrN4S. The molecule has 0 amide bonds. The van der Waals surface area contributed by atoms with Gasteiger partial charge in [0, 0.05) is 60.4 Å². The number of aromatic amines is 1. The van der Waals surface area contributed by atoms with E-state index in [0.717, 1.165) is 30.5 Å². The van der Waals surface area contributed by atoms with Crippen LogP contribution in [0.2, 0.25) is 0 Å². The van der Waals surface area contributed by atoms with Gasteiger partial charge in [0.25, 0.3) is 0 Å². The maximum Gasteiger partial charge on any atom is 0.196 e. The zero-order valence-electron chi connectivity index (χ0n) is 10.3. The van der Waals surface area contributed by atoms with E-state index < -0.39 is 0 Å². The Balaban J connectivity index is 1.78. The van der Waals surface area contributed by atoms with Crippen molar-refractivity contribution in [1.82, 2.24) is 19.9 Å². The molecule has 2 aromatic heterocycles. The number of H-pyrrole nitrogens is 1. The third-order valence-corrected chi connectivity index (χ3v) is 4.23. The van der Waals surface area contributed by atoms with Crippen LogP contribution in [0, 0.1) is 4.77 Å². The van der Waals surface area contributed by atoms with Gasteiger partial charge in [-0.3, -0.25) is 9.88 Å². The van der Waals surface area contributed by atoms with Crippen molar-refractivity contribution in [1.29, 1.82) is 0 Å². The SMILES string of the molecule is S=c1ncc2c([nH]1)CCN(Cc1ccncc1Br)C2. The summed E-state index contributed by atoms with van der Waals surface area (Å²) in [6.45, 7) is 2.85. The van der Waals surface area contributed by atoms with Crippen LogP contribution in [-0.2, 0) is 19.5 Å². The molecule has 0 aromatic carbocycles. The highest BCUT2D eigenvalue weighted by Crippen LogP contribution is 2.21. The summed E-state index contributed by atoms with van der Waals surface area (Å²) in [7, 11) is 0. The van der Waals surface area contributed by atoms with Gasteiger partial charge in [-0.1, -0.05) is 0 Å². The molecule has 19 heavy (non-hydrogen) atoms. The summed E-state index contributed by atoms with van der Waals surface area (Å²) < 4.78 is 1.63. The molecule has 3 heterocycles. The zero-order chi connectivity index (χ0) is 13.2. The summed E-state index contributed by atoms with van der Waals surface area (Å²) in [6, 6.07) is 2.05. The van der Waals surface area contributed by atoms with Crippen LogP contribution in [0.4, 0.5) is 0 Å². The van der Waals surface area contributed by atoms with Crippen molar-refractivity contribution in [2.45, 2.75) is 19.5 Å². The lowest BCUT2D eigenvalue weighted by molar-refractivity contribution is 0.242. The summed E-state index contributed by atoms with van der Waals surface area (Å²) in [4.78, 5) is 13.8. The zero-order valence-corrected chi connectivity index (χ0v) is 12.7. The first-order valence-electron chi connectivity index (χ1n) is 6.10. The van der Waals surface area contributed by atoms with Crippen molar-refractivity contribution in [3.05, 3.63) is 50.7 Å². The highest BCUT2D eigenvalue weighted by molar-refractivity contribution is 9.10. The average Bonchev–Trinajstić information content (AvgIpc) is 2.41. The first-order valence-corrected chi connectivity index (χ1v) is 7.30. The van der Waals surface area contributed by atoms with Crippen LogP contribution in [0.3, 0.4) is 0 Å². The minimum Gasteiger partial charge on any atom is -0.334 e. The normalized spacial score (nSPS) is 15.2. The van der Waals surface area contributed by atoms with Gasteiger partial charge in [-0.25, -0.2) is 4.98 Å². The number of pyridine rings is 1. The summed E-state index contributed by atoms with van der Waals surface area (Å²) in [5.41, 5.74) is 3.73. The fourth-order valence-electron chi connectivity index (χ4n) is 2.31. The fourth-order valence-corrected chi connectivity index (χ4v) is 2.87. The molecule has 1 aliphatic rings. The summed E-state index contributed by atoms with van der Waals surface area (Å²) in [5.74, 6) is 0. The largest absolute Gasteiger partial charge is 0.334 e. The van der Waals surface area contributed by atoms with Crippen LogP contribution < -0.4 is 0 Å². The molecule has 0 spiro atoms. The van der Waals surface area contributed by atoms with E-state index in [1.54, 1.807) is 0 Å².